The van der Waals surface area contributed by atoms with E-state index in [-0.39, 0.29) is 42.9 Å². The quantitative estimate of drug-likeness (QED) is 0.557. The van der Waals surface area contributed by atoms with Crippen LogP contribution in [0.2, 0.25) is 0 Å². The number of aromatic nitrogens is 2. The fraction of sp³-hybridized carbons (Fsp3) is 0.346. The minimum Gasteiger partial charge on any atom is -0.454 e. The topological polar surface area (TPSA) is 106 Å². The van der Waals surface area contributed by atoms with Crippen LogP contribution in [0.5, 0.6) is 11.5 Å². The van der Waals surface area contributed by atoms with Gasteiger partial charge in [-0.2, -0.15) is 0 Å². The second-order valence-electron chi connectivity index (χ2n) is 9.22. The van der Waals surface area contributed by atoms with Gasteiger partial charge in [-0.3, -0.25) is 19.5 Å². The predicted octanol–water partition coefficient (Wildman–Crippen LogP) is 1.45. The van der Waals surface area contributed by atoms with Crippen LogP contribution >= 0.6 is 0 Å². The molecule has 0 unspecified atom stereocenters. The number of ether oxygens (including phenoxy) is 2. The molecule has 180 valence electrons. The fourth-order valence-electron chi connectivity index (χ4n) is 5.75. The van der Waals surface area contributed by atoms with Crippen LogP contribution in [0.3, 0.4) is 0 Å². The van der Waals surface area contributed by atoms with E-state index in [0.717, 1.165) is 16.8 Å². The van der Waals surface area contributed by atoms with Gasteiger partial charge in [0.05, 0.1) is 12.0 Å². The Morgan fingerprint density at radius 1 is 1.09 bits per heavy atom. The SMILES string of the molecule is O=C(NCc1ccc2c(c1)OCO2)[C@H]1[C@H](CO)[C@H]2Cn3c(cccc3=O)[C@@H]1N2Cc1ccncc1. The van der Waals surface area contributed by atoms with E-state index < -0.39 is 5.92 Å². The average Bonchev–Trinajstić information content (AvgIpc) is 3.42. The van der Waals surface area contributed by atoms with Gasteiger partial charge in [0.1, 0.15) is 0 Å². The highest BCUT2D eigenvalue weighted by molar-refractivity contribution is 5.80. The number of aliphatic hydroxyl groups is 1. The number of aliphatic hydroxyl groups excluding tert-OH is 1. The first-order valence-corrected chi connectivity index (χ1v) is 11.8. The highest BCUT2D eigenvalue weighted by atomic mass is 16.7. The van der Waals surface area contributed by atoms with E-state index in [0.29, 0.717) is 31.1 Å². The zero-order valence-electron chi connectivity index (χ0n) is 19.0. The van der Waals surface area contributed by atoms with Gasteiger partial charge in [-0.1, -0.05) is 12.1 Å². The van der Waals surface area contributed by atoms with E-state index in [4.69, 9.17) is 9.47 Å². The molecular weight excluding hydrogens is 448 g/mol. The van der Waals surface area contributed by atoms with Crippen molar-refractivity contribution in [1.82, 2.24) is 19.8 Å². The lowest BCUT2D eigenvalue weighted by Gasteiger charge is -2.38. The zero-order valence-corrected chi connectivity index (χ0v) is 19.0. The van der Waals surface area contributed by atoms with Crippen LogP contribution in [0, 0.1) is 11.8 Å². The van der Waals surface area contributed by atoms with Crippen LogP contribution in [-0.4, -0.2) is 44.9 Å². The largest absolute Gasteiger partial charge is 0.454 e. The Balaban J connectivity index is 1.31. The molecule has 2 N–H and O–H groups in total. The van der Waals surface area contributed by atoms with Crippen molar-refractivity contribution in [3.05, 3.63) is 88.1 Å². The Labute approximate surface area is 201 Å². The van der Waals surface area contributed by atoms with E-state index in [1.54, 1.807) is 29.1 Å². The van der Waals surface area contributed by atoms with E-state index in [9.17, 15) is 14.7 Å². The number of carbonyl (C=O) groups excluding carboxylic acids is 1. The minimum absolute atomic E-state index is 0.0841. The van der Waals surface area contributed by atoms with Gasteiger partial charge in [-0.15, -0.1) is 0 Å². The van der Waals surface area contributed by atoms with Crippen molar-refractivity contribution in [2.75, 3.05) is 13.4 Å². The summed E-state index contributed by atoms with van der Waals surface area (Å²) in [5.74, 6) is 0.408. The third kappa shape index (κ3) is 3.77. The second-order valence-corrected chi connectivity index (χ2v) is 9.22. The van der Waals surface area contributed by atoms with Gasteiger partial charge in [0.15, 0.2) is 11.5 Å². The summed E-state index contributed by atoms with van der Waals surface area (Å²) in [6.45, 7) is 1.42. The van der Waals surface area contributed by atoms with Crippen LogP contribution in [0.15, 0.2) is 65.7 Å². The molecule has 3 aliphatic heterocycles. The van der Waals surface area contributed by atoms with Crippen molar-refractivity contribution >= 4 is 5.91 Å². The molecule has 0 radical (unpaired) electrons. The van der Waals surface area contributed by atoms with Crippen LogP contribution in [0.1, 0.15) is 22.9 Å². The maximum Gasteiger partial charge on any atom is 0.250 e. The lowest BCUT2D eigenvalue weighted by atomic mass is 9.86. The van der Waals surface area contributed by atoms with Crippen LogP contribution in [-0.2, 0) is 24.4 Å². The first-order chi connectivity index (χ1) is 17.1. The molecular formula is C26H26N4O5. The van der Waals surface area contributed by atoms with Gasteiger partial charge < -0.3 is 24.5 Å². The van der Waals surface area contributed by atoms with Crippen molar-refractivity contribution in [2.45, 2.75) is 31.7 Å². The van der Waals surface area contributed by atoms with Gasteiger partial charge in [0.25, 0.3) is 5.56 Å². The number of carbonyl (C=O) groups is 1. The Morgan fingerprint density at radius 2 is 1.91 bits per heavy atom. The highest BCUT2D eigenvalue weighted by Gasteiger charge is 2.55. The molecule has 3 aromatic rings. The first-order valence-electron chi connectivity index (χ1n) is 11.8. The zero-order chi connectivity index (χ0) is 23.9. The van der Waals surface area contributed by atoms with Crippen molar-refractivity contribution < 1.29 is 19.4 Å². The summed E-state index contributed by atoms with van der Waals surface area (Å²) in [5, 5.41) is 13.5. The molecule has 9 heteroatoms. The standard InChI is InChI=1S/C26H26N4O5/c31-14-18-20-13-29-19(2-1-3-23(29)32)25(30(20)12-16-6-8-27-9-7-16)24(18)26(33)28-11-17-4-5-21-22(10-17)35-15-34-21/h1-10,18,20,24-25,31H,11-15H2,(H,28,33)/t18-,20-,24+,25+/m1/s1. The highest BCUT2D eigenvalue weighted by Crippen LogP contribution is 2.48. The number of nitrogens with zero attached hydrogens (tertiary/aromatic N) is 3. The summed E-state index contributed by atoms with van der Waals surface area (Å²) in [5.41, 5.74) is 2.69. The average molecular weight is 475 g/mol. The third-order valence-electron chi connectivity index (χ3n) is 7.37. The Morgan fingerprint density at radius 3 is 2.74 bits per heavy atom. The van der Waals surface area contributed by atoms with Crippen molar-refractivity contribution in [1.29, 1.82) is 0 Å². The monoisotopic (exact) mass is 474 g/mol. The maximum absolute atomic E-state index is 13.7. The van der Waals surface area contributed by atoms with Gasteiger partial charge in [-0.05, 0) is 41.5 Å². The second kappa shape index (κ2) is 8.83. The molecule has 1 aromatic carbocycles. The molecule has 2 aromatic heterocycles. The summed E-state index contributed by atoms with van der Waals surface area (Å²) in [7, 11) is 0. The molecule has 0 aliphatic carbocycles. The van der Waals surface area contributed by atoms with Gasteiger partial charge >= 0.3 is 0 Å². The normalized spacial score (nSPS) is 24.3. The summed E-state index contributed by atoms with van der Waals surface area (Å²) in [4.78, 5) is 32.7. The number of pyridine rings is 2. The van der Waals surface area contributed by atoms with Gasteiger partial charge in [-0.25, -0.2) is 0 Å². The van der Waals surface area contributed by atoms with Gasteiger partial charge in [0.2, 0.25) is 12.7 Å². The summed E-state index contributed by atoms with van der Waals surface area (Å²) in [6, 6.07) is 14.2. The first kappa shape index (κ1) is 21.8. The lowest BCUT2D eigenvalue weighted by molar-refractivity contribution is -0.127. The fourth-order valence-corrected chi connectivity index (χ4v) is 5.75. The summed E-state index contributed by atoms with van der Waals surface area (Å²) < 4.78 is 12.6. The Hall–Kier alpha value is -3.69. The van der Waals surface area contributed by atoms with Crippen molar-refractivity contribution in [3.63, 3.8) is 0 Å². The van der Waals surface area contributed by atoms with Crippen molar-refractivity contribution in [3.8, 4) is 11.5 Å². The number of hydrogen-bond donors (Lipinski definition) is 2. The van der Waals surface area contributed by atoms with E-state index in [1.165, 1.54) is 0 Å². The number of nitrogens with one attached hydrogen (secondary N) is 1. The molecule has 6 rings (SSSR count). The van der Waals surface area contributed by atoms with E-state index in [2.05, 4.69) is 15.2 Å². The molecule has 9 nitrogen and oxygen atoms in total. The molecule has 1 saturated heterocycles. The van der Waals surface area contributed by atoms with E-state index in [1.807, 2.05) is 36.4 Å². The summed E-state index contributed by atoms with van der Waals surface area (Å²) in [6.07, 6.45) is 3.50. The number of rotatable bonds is 6. The maximum atomic E-state index is 13.7. The molecule has 4 atom stereocenters. The van der Waals surface area contributed by atoms with Gasteiger partial charge in [0, 0.05) is 62.4 Å². The molecule has 1 fully saturated rings. The molecule has 35 heavy (non-hydrogen) atoms. The Kier molecular flexibility index (Phi) is 5.50. The number of benzene rings is 1. The number of amides is 1. The van der Waals surface area contributed by atoms with Crippen molar-refractivity contribution in [2.24, 2.45) is 11.8 Å². The van der Waals surface area contributed by atoms with Crippen LogP contribution in [0.25, 0.3) is 0 Å². The number of hydrogen-bond acceptors (Lipinski definition) is 7. The third-order valence-corrected chi connectivity index (χ3v) is 7.37. The van der Waals surface area contributed by atoms with Crippen LogP contribution < -0.4 is 20.3 Å². The molecule has 3 aliphatic rings. The smallest absolute Gasteiger partial charge is 0.250 e. The molecule has 0 saturated carbocycles. The molecule has 1 amide bonds. The molecule has 2 bridgehead atoms. The summed E-state index contributed by atoms with van der Waals surface area (Å²) >= 11 is 0. The Bertz CT molecular complexity index is 1310. The minimum atomic E-state index is -0.503. The number of fused-ring (bicyclic) bond motifs is 5. The molecule has 5 heterocycles. The lowest BCUT2D eigenvalue weighted by Crippen LogP contribution is -2.45. The predicted molar refractivity (Wildman–Crippen MR) is 125 cm³/mol. The van der Waals surface area contributed by atoms with Crippen LogP contribution in [0.4, 0.5) is 0 Å². The van der Waals surface area contributed by atoms with E-state index >= 15 is 0 Å². The molecule has 0 spiro atoms.